The van der Waals surface area contributed by atoms with Crippen LogP contribution in [0, 0.1) is 0 Å². The van der Waals surface area contributed by atoms with Crippen molar-refractivity contribution in [3.8, 4) is 0 Å². The summed E-state index contributed by atoms with van der Waals surface area (Å²) in [6, 6.07) is 5.77. The van der Waals surface area contributed by atoms with Crippen LogP contribution in [0.3, 0.4) is 0 Å². The van der Waals surface area contributed by atoms with Crippen LogP contribution in [0.4, 0.5) is 5.82 Å². The molecule has 1 aromatic heterocycles. The van der Waals surface area contributed by atoms with Gasteiger partial charge in [-0.25, -0.2) is 10.8 Å². The van der Waals surface area contributed by atoms with Gasteiger partial charge < -0.3 is 10.2 Å². The summed E-state index contributed by atoms with van der Waals surface area (Å²) in [7, 11) is 2.05. The SMILES string of the molecule is CC(C)OCCN(C)Cc1cccc(NN)n1. The number of likely N-dealkylation sites (N-methyl/N-ethyl adjacent to an activating group) is 1. The molecular weight excluding hydrogens is 216 g/mol. The minimum Gasteiger partial charge on any atom is -0.377 e. The van der Waals surface area contributed by atoms with Crippen LogP contribution in [0.1, 0.15) is 19.5 Å². The Labute approximate surface area is 103 Å². The fourth-order valence-corrected chi connectivity index (χ4v) is 1.45. The van der Waals surface area contributed by atoms with Crippen molar-refractivity contribution < 1.29 is 4.74 Å². The van der Waals surface area contributed by atoms with E-state index < -0.39 is 0 Å². The molecule has 0 amide bonds. The number of ether oxygens (including phenoxy) is 1. The molecule has 0 bridgehead atoms. The highest BCUT2D eigenvalue weighted by Gasteiger charge is 2.03. The van der Waals surface area contributed by atoms with E-state index in [0.29, 0.717) is 5.82 Å². The number of nitrogen functional groups attached to an aromatic ring is 1. The maximum atomic E-state index is 5.50. The minimum atomic E-state index is 0.284. The Morgan fingerprint density at radius 1 is 1.47 bits per heavy atom. The minimum absolute atomic E-state index is 0.284. The summed E-state index contributed by atoms with van der Waals surface area (Å²) in [5.74, 6) is 6.01. The van der Waals surface area contributed by atoms with Crippen molar-refractivity contribution in [1.82, 2.24) is 9.88 Å². The van der Waals surface area contributed by atoms with E-state index in [2.05, 4.69) is 15.3 Å². The van der Waals surface area contributed by atoms with Crippen LogP contribution in [0.2, 0.25) is 0 Å². The summed E-state index contributed by atoms with van der Waals surface area (Å²) in [5.41, 5.74) is 3.54. The fourth-order valence-electron chi connectivity index (χ4n) is 1.45. The fraction of sp³-hybridized carbons (Fsp3) is 0.583. The Morgan fingerprint density at radius 2 is 2.24 bits per heavy atom. The van der Waals surface area contributed by atoms with Gasteiger partial charge in [0.05, 0.1) is 18.4 Å². The molecular formula is C12H22N4O. The lowest BCUT2D eigenvalue weighted by Gasteiger charge is -2.17. The molecule has 3 N–H and O–H groups in total. The van der Waals surface area contributed by atoms with E-state index in [9.17, 15) is 0 Å². The van der Waals surface area contributed by atoms with Crippen LogP contribution >= 0.6 is 0 Å². The molecule has 0 unspecified atom stereocenters. The Balaban J connectivity index is 2.36. The number of hydrogen-bond acceptors (Lipinski definition) is 5. The van der Waals surface area contributed by atoms with Crippen LogP contribution in [0.15, 0.2) is 18.2 Å². The molecule has 1 rings (SSSR count). The van der Waals surface area contributed by atoms with Crippen molar-refractivity contribution in [2.24, 2.45) is 5.84 Å². The summed E-state index contributed by atoms with van der Waals surface area (Å²) in [4.78, 5) is 6.53. The van der Waals surface area contributed by atoms with Crippen molar-refractivity contribution in [1.29, 1.82) is 0 Å². The first kappa shape index (κ1) is 13.9. The second kappa shape index (κ2) is 7.21. The molecule has 5 nitrogen and oxygen atoms in total. The molecule has 5 heteroatoms. The first-order chi connectivity index (χ1) is 8.11. The number of nitrogens with zero attached hydrogens (tertiary/aromatic N) is 2. The number of aromatic nitrogens is 1. The van der Waals surface area contributed by atoms with E-state index in [1.54, 1.807) is 0 Å². The average molecular weight is 238 g/mol. The molecule has 96 valence electrons. The lowest BCUT2D eigenvalue weighted by molar-refractivity contribution is 0.0625. The number of rotatable bonds is 7. The van der Waals surface area contributed by atoms with Gasteiger partial charge in [0, 0.05) is 13.1 Å². The molecule has 0 saturated carbocycles. The first-order valence-corrected chi connectivity index (χ1v) is 5.84. The quantitative estimate of drug-likeness (QED) is 0.552. The summed E-state index contributed by atoms with van der Waals surface area (Å²) >= 11 is 0. The van der Waals surface area contributed by atoms with Gasteiger partial charge in [0.1, 0.15) is 5.82 Å². The Hall–Kier alpha value is -1.17. The van der Waals surface area contributed by atoms with Gasteiger partial charge in [-0.3, -0.25) is 4.90 Å². The summed E-state index contributed by atoms with van der Waals surface area (Å²) < 4.78 is 5.50. The number of hydrogen-bond donors (Lipinski definition) is 2. The molecule has 0 aliphatic rings. The van der Waals surface area contributed by atoms with Gasteiger partial charge in [0.25, 0.3) is 0 Å². The molecule has 0 aliphatic heterocycles. The number of anilines is 1. The topological polar surface area (TPSA) is 63.4 Å². The van der Waals surface area contributed by atoms with Gasteiger partial charge in [-0.2, -0.15) is 0 Å². The Bertz CT molecular complexity index is 330. The highest BCUT2D eigenvalue weighted by atomic mass is 16.5. The lowest BCUT2D eigenvalue weighted by Crippen LogP contribution is -2.24. The average Bonchev–Trinajstić information content (AvgIpc) is 2.28. The summed E-state index contributed by atoms with van der Waals surface area (Å²) in [6.07, 6.45) is 0.284. The zero-order valence-corrected chi connectivity index (χ0v) is 10.8. The summed E-state index contributed by atoms with van der Waals surface area (Å²) in [6.45, 7) is 6.50. The monoisotopic (exact) mass is 238 g/mol. The van der Waals surface area contributed by atoms with Crippen molar-refractivity contribution in [2.75, 3.05) is 25.6 Å². The highest BCUT2D eigenvalue weighted by Crippen LogP contribution is 2.05. The number of hydrazine groups is 1. The molecule has 0 aliphatic carbocycles. The van der Waals surface area contributed by atoms with E-state index in [0.717, 1.165) is 25.4 Å². The second-order valence-corrected chi connectivity index (χ2v) is 4.32. The highest BCUT2D eigenvalue weighted by molar-refractivity contribution is 5.33. The normalized spacial score (nSPS) is 11.2. The van der Waals surface area contributed by atoms with Gasteiger partial charge in [0.15, 0.2) is 0 Å². The summed E-state index contributed by atoms with van der Waals surface area (Å²) in [5, 5.41) is 0. The molecule has 0 radical (unpaired) electrons. The molecule has 0 saturated heterocycles. The molecule has 0 aromatic carbocycles. The van der Waals surface area contributed by atoms with Crippen LogP contribution in [-0.4, -0.2) is 36.2 Å². The predicted octanol–water partition coefficient (Wildman–Crippen LogP) is 1.22. The zero-order chi connectivity index (χ0) is 12.7. The first-order valence-electron chi connectivity index (χ1n) is 5.84. The molecule has 17 heavy (non-hydrogen) atoms. The maximum Gasteiger partial charge on any atom is 0.140 e. The molecule has 0 fully saturated rings. The molecule has 0 spiro atoms. The van der Waals surface area contributed by atoms with E-state index in [-0.39, 0.29) is 6.10 Å². The van der Waals surface area contributed by atoms with Crippen molar-refractivity contribution in [2.45, 2.75) is 26.5 Å². The third kappa shape index (κ3) is 5.63. The number of pyridine rings is 1. The van der Waals surface area contributed by atoms with Crippen LogP contribution < -0.4 is 11.3 Å². The molecule has 1 heterocycles. The van der Waals surface area contributed by atoms with Crippen molar-refractivity contribution in [3.63, 3.8) is 0 Å². The standard InChI is InChI=1S/C12H22N4O/c1-10(2)17-8-7-16(3)9-11-5-4-6-12(14-11)15-13/h4-6,10H,7-9,13H2,1-3H3,(H,14,15). The largest absolute Gasteiger partial charge is 0.377 e. The molecule has 1 aromatic rings. The Morgan fingerprint density at radius 3 is 2.88 bits per heavy atom. The van der Waals surface area contributed by atoms with Gasteiger partial charge in [-0.1, -0.05) is 6.07 Å². The van der Waals surface area contributed by atoms with Gasteiger partial charge in [0.2, 0.25) is 0 Å². The van der Waals surface area contributed by atoms with E-state index in [1.165, 1.54) is 0 Å². The zero-order valence-electron chi connectivity index (χ0n) is 10.8. The van der Waals surface area contributed by atoms with Crippen molar-refractivity contribution >= 4 is 5.82 Å². The van der Waals surface area contributed by atoms with E-state index in [1.807, 2.05) is 39.1 Å². The third-order valence-electron chi connectivity index (χ3n) is 2.31. The predicted molar refractivity (Wildman–Crippen MR) is 69.5 cm³/mol. The van der Waals surface area contributed by atoms with Gasteiger partial charge >= 0.3 is 0 Å². The van der Waals surface area contributed by atoms with E-state index in [4.69, 9.17) is 10.6 Å². The van der Waals surface area contributed by atoms with Gasteiger partial charge in [-0.15, -0.1) is 0 Å². The van der Waals surface area contributed by atoms with Crippen LogP contribution in [0.25, 0.3) is 0 Å². The van der Waals surface area contributed by atoms with E-state index >= 15 is 0 Å². The second-order valence-electron chi connectivity index (χ2n) is 4.32. The maximum absolute atomic E-state index is 5.50. The third-order valence-corrected chi connectivity index (χ3v) is 2.31. The number of nitrogens with two attached hydrogens (primary N) is 1. The van der Waals surface area contributed by atoms with Crippen LogP contribution in [0.5, 0.6) is 0 Å². The van der Waals surface area contributed by atoms with Crippen LogP contribution in [-0.2, 0) is 11.3 Å². The van der Waals surface area contributed by atoms with Gasteiger partial charge in [-0.05, 0) is 33.0 Å². The lowest BCUT2D eigenvalue weighted by atomic mass is 10.3. The Kier molecular flexibility index (Phi) is 5.90. The number of nitrogens with one attached hydrogen (secondary N) is 1. The van der Waals surface area contributed by atoms with Crippen molar-refractivity contribution in [3.05, 3.63) is 23.9 Å². The smallest absolute Gasteiger partial charge is 0.140 e. The molecule has 0 atom stereocenters.